The zero-order chi connectivity index (χ0) is 17.0. The normalized spacial score (nSPS) is 11.3. The molecule has 3 aromatic carbocycles. The third-order valence-electron chi connectivity index (χ3n) is 3.65. The smallest absolute Gasteiger partial charge is 0.417 e. The zero-order valence-corrected chi connectivity index (χ0v) is 12.8. The monoisotopic (exact) mass is 328 g/mol. The van der Waals surface area contributed by atoms with Gasteiger partial charge in [0.05, 0.1) is 5.56 Å². The second-order valence-electron chi connectivity index (χ2n) is 5.34. The van der Waals surface area contributed by atoms with E-state index in [1.54, 1.807) is 30.3 Å². The highest BCUT2D eigenvalue weighted by atomic mass is 19.4. The Morgan fingerprint density at radius 3 is 2.00 bits per heavy atom. The van der Waals surface area contributed by atoms with Gasteiger partial charge in [0.1, 0.15) is 12.4 Å². The first-order chi connectivity index (χ1) is 11.5. The van der Waals surface area contributed by atoms with Crippen LogP contribution in [0, 0.1) is 0 Å². The van der Waals surface area contributed by atoms with Crippen LogP contribution in [0.2, 0.25) is 0 Å². The second kappa shape index (κ2) is 6.79. The van der Waals surface area contributed by atoms with Crippen molar-refractivity contribution in [2.24, 2.45) is 0 Å². The van der Waals surface area contributed by atoms with Crippen molar-refractivity contribution in [3.05, 3.63) is 90.0 Å². The largest absolute Gasteiger partial charge is 0.489 e. The number of hydrogen-bond donors (Lipinski definition) is 0. The number of alkyl halides is 3. The molecule has 0 spiro atoms. The average Bonchev–Trinajstić information content (AvgIpc) is 2.61. The Hall–Kier alpha value is -2.75. The molecule has 122 valence electrons. The number of benzene rings is 3. The average molecular weight is 328 g/mol. The van der Waals surface area contributed by atoms with Crippen LogP contribution in [0.3, 0.4) is 0 Å². The first kappa shape index (κ1) is 16.1. The van der Waals surface area contributed by atoms with Gasteiger partial charge in [-0.05, 0) is 34.9 Å². The quantitative estimate of drug-likeness (QED) is 0.575. The fourth-order valence-corrected chi connectivity index (χ4v) is 2.45. The highest BCUT2D eigenvalue weighted by molar-refractivity contribution is 5.68. The molecular weight excluding hydrogens is 313 g/mol. The van der Waals surface area contributed by atoms with Crippen molar-refractivity contribution in [2.45, 2.75) is 12.8 Å². The molecule has 0 saturated carbocycles. The topological polar surface area (TPSA) is 9.23 Å². The van der Waals surface area contributed by atoms with Gasteiger partial charge >= 0.3 is 6.18 Å². The first-order valence-corrected chi connectivity index (χ1v) is 7.47. The number of halogens is 3. The van der Waals surface area contributed by atoms with E-state index in [0.29, 0.717) is 17.9 Å². The van der Waals surface area contributed by atoms with Crippen molar-refractivity contribution >= 4 is 0 Å². The Kier molecular flexibility index (Phi) is 4.56. The van der Waals surface area contributed by atoms with Gasteiger partial charge in [-0.15, -0.1) is 0 Å². The summed E-state index contributed by atoms with van der Waals surface area (Å²) in [6.45, 7) is 0.416. The van der Waals surface area contributed by atoms with Gasteiger partial charge in [-0.25, -0.2) is 0 Å². The van der Waals surface area contributed by atoms with Crippen molar-refractivity contribution in [3.63, 3.8) is 0 Å². The van der Waals surface area contributed by atoms with Gasteiger partial charge in [-0.1, -0.05) is 60.7 Å². The predicted octanol–water partition coefficient (Wildman–Crippen LogP) is 5.95. The predicted molar refractivity (Wildman–Crippen MR) is 87.7 cm³/mol. The molecule has 0 amide bonds. The van der Waals surface area contributed by atoms with E-state index in [0.717, 1.165) is 11.6 Å². The van der Waals surface area contributed by atoms with Crippen molar-refractivity contribution in [3.8, 4) is 16.9 Å². The molecule has 0 saturated heterocycles. The standard InChI is InChI=1S/C20H15F3O/c21-20(22,23)19-9-5-4-8-18(19)16-10-12-17(13-11-16)24-14-15-6-2-1-3-7-15/h1-13H,14H2. The number of rotatable bonds is 4. The molecule has 0 bridgehead atoms. The van der Waals surface area contributed by atoms with Crippen LogP contribution in [-0.2, 0) is 12.8 Å². The van der Waals surface area contributed by atoms with Gasteiger partial charge < -0.3 is 4.74 Å². The highest BCUT2D eigenvalue weighted by Crippen LogP contribution is 2.37. The Labute approximate surface area is 138 Å². The molecule has 4 heteroatoms. The fourth-order valence-electron chi connectivity index (χ4n) is 2.45. The van der Waals surface area contributed by atoms with E-state index in [9.17, 15) is 13.2 Å². The van der Waals surface area contributed by atoms with Crippen LogP contribution < -0.4 is 4.74 Å². The number of hydrogen-bond acceptors (Lipinski definition) is 1. The molecule has 0 fully saturated rings. The molecule has 0 aromatic heterocycles. The minimum Gasteiger partial charge on any atom is -0.489 e. The Morgan fingerprint density at radius 2 is 1.33 bits per heavy atom. The zero-order valence-electron chi connectivity index (χ0n) is 12.8. The maximum absolute atomic E-state index is 13.1. The van der Waals surface area contributed by atoms with E-state index in [4.69, 9.17) is 4.74 Å². The summed E-state index contributed by atoms with van der Waals surface area (Å²) in [5, 5.41) is 0. The van der Waals surface area contributed by atoms with E-state index in [2.05, 4.69) is 0 Å². The summed E-state index contributed by atoms with van der Waals surface area (Å²) in [5.41, 5.74) is 1.07. The van der Waals surface area contributed by atoms with Gasteiger partial charge in [0, 0.05) is 0 Å². The molecule has 1 nitrogen and oxygen atoms in total. The molecular formula is C20H15F3O. The summed E-state index contributed by atoms with van der Waals surface area (Å²) < 4.78 is 44.9. The Morgan fingerprint density at radius 1 is 0.708 bits per heavy atom. The summed E-state index contributed by atoms with van der Waals surface area (Å²) in [7, 11) is 0. The minimum atomic E-state index is -4.38. The van der Waals surface area contributed by atoms with Gasteiger partial charge in [0.2, 0.25) is 0 Å². The lowest BCUT2D eigenvalue weighted by Gasteiger charge is -2.13. The molecule has 0 aliphatic heterocycles. The minimum absolute atomic E-state index is 0.166. The van der Waals surface area contributed by atoms with E-state index in [-0.39, 0.29) is 5.56 Å². The van der Waals surface area contributed by atoms with E-state index < -0.39 is 11.7 Å². The molecule has 24 heavy (non-hydrogen) atoms. The first-order valence-electron chi connectivity index (χ1n) is 7.47. The van der Waals surface area contributed by atoms with Crippen molar-refractivity contribution < 1.29 is 17.9 Å². The molecule has 0 N–H and O–H groups in total. The molecule has 0 atom stereocenters. The third-order valence-corrected chi connectivity index (χ3v) is 3.65. The molecule has 3 rings (SSSR count). The summed E-state index contributed by atoms with van der Waals surface area (Å²) in [6.07, 6.45) is -4.38. The maximum atomic E-state index is 13.1. The van der Waals surface area contributed by atoms with Gasteiger partial charge in [0.15, 0.2) is 0 Å². The molecule has 3 aromatic rings. The Balaban J connectivity index is 1.78. The van der Waals surface area contributed by atoms with Crippen LogP contribution in [-0.4, -0.2) is 0 Å². The summed E-state index contributed by atoms with van der Waals surface area (Å²) in [4.78, 5) is 0. The van der Waals surface area contributed by atoms with Gasteiger partial charge in [-0.3, -0.25) is 0 Å². The van der Waals surface area contributed by atoms with Crippen molar-refractivity contribution in [1.29, 1.82) is 0 Å². The summed E-state index contributed by atoms with van der Waals surface area (Å²) in [5.74, 6) is 0.618. The van der Waals surface area contributed by atoms with Crippen LogP contribution in [0.5, 0.6) is 5.75 Å². The number of ether oxygens (including phenoxy) is 1. The summed E-state index contributed by atoms with van der Waals surface area (Å²) in [6, 6.07) is 21.9. The van der Waals surface area contributed by atoms with E-state index in [1.807, 2.05) is 30.3 Å². The summed E-state index contributed by atoms with van der Waals surface area (Å²) >= 11 is 0. The van der Waals surface area contributed by atoms with E-state index in [1.165, 1.54) is 12.1 Å². The highest BCUT2D eigenvalue weighted by Gasteiger charge is 2.33. The van der Waals surface area contributed by atoms with Crippen LogP contribution >= 0.6 is 0 Å². The van der Waals surface area contributed by atoms with Crippen LogP contribution in [0.4, 0.5) is 13.2 Å². The molecule has 0 heterocycles. The third kappa shape index (κ3) is 3.77. The van der Waals surface area contributed by atoms with Gasteiger partial charge in [0.25, 0.3) is 0 Å². The van der Waals surface area contributed by atoms with Crippen LogP contribution in [0.25, 0.3) is 11.1 Å². The lowest BCUT2D eigenvalue weighted by molar-refractivity contribution is -0.137. The lowest BCUT2D eigenvalue weighted by atomic mass is 9.99. The molecule has 0 unspecified atom stereocenters. The second-order valence-corrected chi connectivity index (χ2v) is 5.34. The van der Waals surface area contributed by atoms with Gasteiger partial charge in [-0.2, -0.15) is 13.2 Å². The molecule has 0 radical (unpaired) electrons. The van der Waals surface area contributed by atoms with Crippen LogP contribution in [0.1, 0.15) is 11.1 Å². The lowest BCUT2D eigenvalue weighted by Crippen LogP contribution is -2.06. The SMILES string of the molecule is FC(F)(F)c1ccccc1-c1ccc(OCc2ccccc2)cc1. The fraction of sp³-hybridized carbons (Fsp3) is 0.100. The van der Waals surface area contributed by atoms with E-state index >= 15 is 0 Å². The maximum Gasteiger partial charge on any atom is 0.417 e. The van der Waals surface area contributed by atoms with Crippen molar-refractivity contribution in [2.75, 3.05) is 0 Å². The van der Waals surface area contributed by atoms with Crippen LogP contribution in [0.15, 0.2) is 78.9 Å². The molecule has 0 aliphatic rings. The Bertz CT molecular complexity index is 793. The molecule has 0 aliphatic carbocycles. The van der Waals surface area contributed by atoms with Crippen molar-refractivity contribution in [1.82, 2.24) is 0 Å².